The van der Waals surface area contributed by atoms with Crippen molar-refractivity contribution in [3.63, 3.8) is 0 Å². The lowest BCUT2D eigenvalue weighted by atomic mass is 9.99. The summed E-state index contributed by atoms with van der Waals surface area (Å²) in [6, 6.07) is 9.60. The van der Waals surface area contributed by atoms with Gasteiger partial charge in [-0.2, -0.15) is 0 Å². The Labute approximate surface area is 154 Å². The molecule has 4 rings (SSSR count). The second kappa shape index (κ2) is 8.01. The first-order valence-electron chi connectivity index (χ1n) is 9.43. The molecular formula is C20H26N4O2. The highest BCUT2D eigenvalue weighted by Crippen LogP contribution is 2.24. The number of nitrogens with zero attached hydrogens (tertiary/aromatic N) is 3. The molecule has 3 heterocycles. The first kappa shape index (κ1) is 17.2. The molecular weight excluding hydrogens is 328 g/mol. The molecule has 0 saturated carbocycles. The van der Waals surface area contributed by atoms with Crippen LogP contribution in [0.25, 0.3) is 0 Å². The molecule has 138 valence electrons. The van der Waals surface area contributed by atoms with Crippen molar-refractivity contribution in [1.29, 1.82) is 0 Å². The first-order chi connectivity index (χ1) is 12.8. The average Bonchev–Trinajstić information content (AvgIpc) is 3.16. The number of aromatic nitrogens is 2. The van der Waals surface area contributed by atoms with E-state index in [0.717, 1.165) is 45.7 Å². The molecule has 1 aromatic heterocycles. The highest BCUT2D eigenvalue weighted by Gasteiger charge is 2.27. The number of carbonyl (C=O) groups is 1. The van der Waals surface area contributed by atoms with Gasteiger partial charge < -0.3 is 14.6 Å². The lowest BCUT2D eigenvalue weighted by molar-refractivity contribution is 0.0454. The van der Waals surface area contributed by atoms with E-state index in [1.807, 2.05) is 42.9 Å². The predicted molar refractivity (Wildman–Crippen MR) is 98.9 cm³/mol. The van der Waals surface area contributed by atoms with Crippen molar-refractivity contribution in [3.05, 3.63) is 54.1 Å². The summed E-state index contributed by atoms with van der Waals surface area (Å²) < 4.78 is 7.69. The van der Waals surface area contributed by atoms with Gasteiger partial charge in [0.25, 0.3) is 5.91 Å². The zero-order chi connectivity index (χ0) is 17.8. The van der Waals surface area contributed by atoms with Gasteiger partial charge in [-0.3, -0.25) is 9.69 Å². The minimum Gasteiger partial charge on any atom is -0.381 e. The fourth-order valence-electron chi connectivity index (χ4n) is 3.96. The Kier molecular flexibility index (Phi) is 5.32. The SMILES string of the molecule is O=C(NCC1CN(CC2CCOCC2)Cc2cncn21)c1ccccc1. The summed E-state index contributed by atoms with van der Waals surface area (Å²) in [5.41, 5.74) is 1.93. The number of ether oxygens (including phenoxy) is 1. The molecule has 2 aliphatic heterocycles. The molecule has 1 amide bonds. The van der Waals surface area contributed by atoms with E-state index in [-0.39, 0.29) is 11.9 Å². The summed E-state index contributed by atoms with van der Waals surface area (Å²) in [5.74, 6) is 0.687. The molecule has 6 heteroatoms. The molecule has 6 nitrogen and oxygen atoms in total. The Balaban J connectivity index is 1.39. The van der Waals surface area contributed by atoms with Gasteiger partial charge in [-0.25, -0.2) is 4.98 Å². The van der Waals surface area contributed by atoms with E-state index in [0.29, 0.717) is 18.0 Å². The minimum atomic E-state index is -0.0196. The maximum Gasteiger partial charge on any atom is 0.251 e. The second-order valence-electron chi connectivity index (χ2n) is 7.27. The standard InChI is InChI=1S/C20H26N4O2/c25-20(17-4-2-1-3-5-17)22-11-19-14-23(12-16-6-8-26-9-7-16)13-18-10-21-15-24(18)19/h1-5,10,15-16,19H,6-9,11-14H2,(H,22,25). The fourth-order valence-corrected chi connectivity index (χ4v) is 3.96. The number of nitrogens with one attached hydrogen (secondary N) is 1. The van der Waals surface area contributed by atoms with Gasteiger partial charge in [-0.1, -0.05) is 18.2 Å². The summed E-state index contributed by atoms with van der Waals surface area (Å²) in [5, 5.41) is 3.09. The van der Waals surface area contributed by atoms with Crippen molar-refractivity contribution in [3.8, 4) is 0 Å². The third-order valence-corrected chi connectivity index (χ3v) is 5.39. The summed E-state index contributed by atoms with van der Waals surface area (Å²) >= 11 is 0. The van der Waals surface area contributed by atoms with E-state index in [1.165, 1.54) is 5.69 Å². The summed E-state index contributed by atoms with van der Waals surface area (Å²) in [6.45, 7) is 5.34. The summed E-state index contributed by atoms with van der Waals surface area (Å²) in [4.78, 5) is 19.2. The topological polar surface area (TPSA) is 59.4 Å². The van der Waals surface area contributed by atoms with Gasteiger partial charge in [0, 0.05) is 51.2 Å². The Morgan fingerprint density at radius 1 is 1.23 bits per heavy atom. The molecule has 1 N–H and O–H groups in total. The number of amides is 1. The largest absolute Gasteiger partial charge is 0.381 e. The fraction of sp³-hybridized carbons (Fsp3) is 0.500. The van der Waals surface area contributed by atoms with E-state index in [2.05, 4.69) is 19.8 Å². The quantitative estimate of drug-likeness (QED) is 0.893. The van der Waals surface area contributed by atoms with Crippen LogP contribution in [0.15, 0.2) is 42.9 Å². The average molecular weight is 354 g/mol. The van der Waals surface area contributed by atoms with Crippen LogP contribution in [0.4, 0.5) is 0 Å². The van der Waals surface area contributed by atoms with Gasteiger partial charge in [0.15, 0.2) is 0 Å². The molecule has 0 radical (unpaired) electrons. The van der Waals surface area contributed by atoms with Crippen LogP contribution in [0.5, 0.6) is 0 Å². The molecule has 2 aromatic rings. The van der Waals surface area contributed by atoms with E-state index < -0.39 is 0 Å². The van der Waals surface area contributed by atoms with Crippen molar-refractivity contribution in [1.82, 2.24) is 19.8 Å². The van der Waals surface area contributed by atoms with Crippen LogP contribution in [0.2, 0.25) is 0 Å². The van der Waals surface area contributed by atoms with E-state index >= 15 is 0 Å². The van der Waals surface area contributed by atoms with Crippen LogP contribution in [0.3, 0.4) is 0 Å². The van der Waals surface area contributed by atoms with E-state index in [4.69, 9.17) is 4.74 Å². The monoisotopic (exact) mass is 354 g/mol. The van der Waals surface area contributed by atoms with Crippen molar-refractivity contribution in [2.75, 3.05) is 32.8 Å². The molecule has 0 spiro atoms. The van der Waals surface area contributed by atoms with Crippen molar-refractivity contribution < 1.29 is 9.53 Å². The molecule has 1 saturated heterocycles. The maximum atomic E-state index is 12.4. The van der Waals surface area contributed by atoms with Crippen LogP contribution in [-0.2, 0) is 11.3 Å². The molecule has 1 aromatic carbocycles. The summed E-state index contributed by atoms with van der Waals surface area (Å²) in [6.07, 6.45) is 6.12. The van der Waals surface area contributed by atoms with Crippen LogP contribution < -0.4 is 5.32 Å². The molecule has 0 bridgehead atoms. The number of carbonyl (C=O) groups excluding carboxylic acids is 1. The van der Waals surface area contributed by atoms with Crippen LogP contribution >= 0.6 is 0 Å². The maximum absolute atomic E-state index is 12.4. The van der Waals surface area contributed by atoms with Gasteiger partial charge in [0.1, 0.15) is 0 Å². The Morgan fingerprint density at radius 3 is 2.85 bits per heavy atom. The zero-order valence-corrected chi connectivity index (χ0v) is 15.0. The molecule has 0 aliphatic carbocycles. The van der Waals surface area contributed by atoms with Crippen LogP contribution in [0.1, 0.15) is 34.9 Å². The van der Waals surface area contributed by atoms with Gasteiger partial charge in [0.05, 0.1) is 18.1 Å². The first-order valence-corrected chi connectivity index (χ1v) is 9.43. The lowest BCUT2D eigenvalue weighted by Gasteiger charge is -2.37. The highest BCUT2D eigenvalue weighted by atomic mass is 16.5. The lowest BCUT2D eigenvalue weighted by Crippen LogP contribution is -2.44. The number of benzene rings is 1. The Bertz CT molecular complexity index is 724. The molecule has 2 aliphatic rings. The third kappa shape index (κ3) is 3.97. The number of rotatable bonds is 5. The zero-order valence-electron chi connectivity index (χ0n) is 15.0. The smallest absolute Gasteiger partial charge is 0.251 e. The van der Waals surface area contributed by atoms with Gasteiger partial charge >= 0.3 is 0 Å². The van der Waals surface area contributed by atoms with Gasteiger partial charge in [-0.05, 0) is 30.9 Å². The molecule has 1 fully saturated rings. The van der Waals surface area contributed by atoms with E-state index in [1.54, 1.807) is 0 Å². The van der Waals surface area contributed by atoms with Gasteiger partial charge in [0.2, 0.25) is 0 Å². The number of hydrogen-bond acceptors (Lipinski definition) is 4. The third-order valence-electron chi connectivity index (χ3n) is 5.39. The van der Waals surface area contributed by atoms with Crippen LogP contribution in [-0.4, -0.2) is 53.2 Å². The van der Waals surface area contributed by atoms with Crippen molar-refractivity contribution >= 4 is 5.91 Å². The van der Waals surface area contributed by atoms with E-state index in [9.17, 15) is 4.79 Å². The van der Waals surface area contributed by atoms with Crippen molar-refractivity contribution in [2.45, 2.75) is 25.4 Å². The van der Waals surface area contributed by atoms with Crippen molar-refractivity contribution in [2.24, 2.45) is 5.92 Å². The highest BCUT2D eigenvalue weighted by molar-refractivity contribution is 5.94. The van der Waals surface area contributed by atoms with Gasteiger partial charge in [-0.15, -0.1) is 0 Å². The normalized spacial score (nSPS) is 21.3. The minimum absolute atomic E-state index is 0.0196. The number of fused-ring (bicyclic) bond motifs is 1. The second-order valence-corrected chi connectivity index (χ2v) is 7.27. The molecule has 1 unspecified atom stereocenters. The molecule has 26 heavy (non-hydrogen) atoms. The van der Waals surface area contributed by atoms with Crippen LogP contribution in [0, 0.1) is 5.92 Å². The predicted octanol–water partition coefficient (Wildman–Crippen LogP) is 2.10. The Hall–Kier alpha value is -2.18. The number of imidazole rings is 1. The molecule has 1 atom stereocenters. The Morgan fingerprint density at radius 2 is 2.04 bits per heavy atom. The summed E-state index contributed by atoms with van der Waals surface area (Å²) in [7, 11) is 0. The number of hydrogen-bond donors (Lipinski definition) is 1.